The quantitative estimate of drug-likeness (QED) is 0.814. The summed E-state index contributed by atoms with van der Waals surface area (Å²) < 4.78 is 13.5. The summed E-state index contributed by atoms with van der Waals surface area (Å²) in [5.74, 6) is -1.96. The highest BCUT2D eigenvalue weighted by Crippen LogP contribution is 2.19. The van der Waals surface area contributed by atoms with Gasteiger partial charge in [-0.2, -0.15) is 0 Å². The van der Waals surface area contributed by atoms with Crippen LogP contribution < -0.4 is 5.32 Å². The number of benzene rings is 1. The molecule has 0 fully saturated rings. The second kappa shape index (κ2) is 7.85. The predicted molar refractivity (Wildman–Crippen MR) is 74.2 cm³/mol. The molecule has 110 valence electrons. The Kier molecular flexibility index (Phi) is 6.45. The molecule has 1 atom stereocenters. The average Bonchev–Trinajstić information content (AvgIpc) is 2.33. The van der Waals surface area contributed by atoms with Crippen LogP contribution in [-0.2, 0) is 16.0 Å². The minimum Gasteiger partial charge on any atom is -0.481 e. The normalized spacial score (nSPS) is 11.9. The first-order valence-corrected chi connectivity index (χ1v) is 6.75. The molecule has 1 amide bonds. The molecule has 4 nitrogen and oxygen atoms in total. The van der Waals surface area contributed by atoms with Crippen molar-refractivity contribution in [3.63, 3.8) is 0 Å². The van der Waals surface area contributed by atoms with Gasteiger partial charge in [0.1, 0.15) is 5.82 Å². The van der Waals surface area contributed by atoms with Gasteiger partial charge in [-0.15, -0.1) is 0 Å². The van der Waals surface area contributed by atoms with Crippen molar-refractivity contribution in [3.05, 3.63) is 34.6 Å². The second-order valence-electron chi connectivity index (χ2n) is 4.53. The molecule has 2 N–H and O–H groups in total. The molecule has 1 aromatic carbocycles. The number of amides is 1. The maximum Gasteiger partial charge on any atom is 0.305 e. The molecular weight excluding hydrogens is 285 g/mol. The van der Waals surface area contributed by atoms with Crippen LogP contribution in [0.5, 0.6) is 0 Å². The van der Waals surface area contributed by atoms with Crippen molar-refractivity contribution < 1.29 is 19.1 Å². The highest BCUT2D eigenvalue weighted by atomic mass is 35.5. The number of carboxylic acid groups (broad SMARTS) is 1. The molecule has 0 saturated carbocycles. The van der Waals surface area contributed by atoms with Gasteiger partial charge in [0.15, 0.2) is 0 Å². The fourth-order valence-electron chi connectivity index (χ4n) is 1.92. The van der Waals surface area contributed by atoms with E-state index in [4.69, 9.17) is 16.7 Å². The Hall–Kier alpha value is -1.62. The SMILES string of the molecule is CCCC(CC(=O)O)NC(=O)Cc1c(F)cccc1Cl. The van der Waals surface area contributed by atoms with Crippen LogP contribution in [0.3, 0.4) is 0 Å². The van der Waals surface area contributed by atoms with E-state index in [2.05, 4.69) is 5.32 Å². The van der Waals surface area contributed by atoms with E-state index in [1.807, 2.05) is 6.92 Å². The monoisotopic (exact) mass is 301 g/mol. The molecule has 1 aromatic rings. The van der Waals surface area contributed by atoms with Crippen molar-refractivity contribution >= 4 is 23.5 Å². The second-order valence-corrected chi connectivity index (χ2v) is 4.94. The van der Waals surface area contributed by atoms with Crippen molar-refractivity contribution in [1.82, 2.24) is 5.32 Å². The standard InChI is InChI=1S/C14H17ClFNO3/c1-2-4-9(7-14(19)20)17-13(18)8-10-11(15)5-3-6-12(10)16/h3,5-6,9H,2,4,7-8H2,1H3,(H,17,18)(H,19,20). The van der Waals surface area contributed by atoms with E-state index >= 15 is 0 Å². The van der Waals surface area contributed by atoms with E-state index in [1.165, 1.54) is 18.2 Å². The largest absolute Gasteiger partial charge is 0.481 e. The maximum absolute atomic E-state index is 13.5. The van der Waals surface area contributed by atoms with Crippen LogP contribution in [0.25, 0.3) is 0 Å². The number of hydrogen-bond donors (Lipinski definition) is 2. The van der Waals surface area contributed by atoms with Crippen molar-refractivity contribution in [2.75, 3.05) is 0 Å². The van der Waals surface area contributed by atoms with E-state index in [1.54, 1.807) is 0 Å². The number of rotatable bonds is 7. The van der Waals surface area contributed by atoms with Crippen LogP contribution >= 0.6 is 11.6 Å². The van der Waals surface area contributed by atoms with E-state index in [9.17, 15) is 14.0 Å². The predicted octanol–water partition coefficient (Wildman–Crippen LogP) is 2.78. The van der Waals surface area contributed by atoms with Gasteiger partial charge in [-0.3, -0.25) is 9.59 Å². The Bertz CT molecular complexity index is 473. The summed E-state index contributed by atoms with van der Waals surface area (Å²) in [4.78, 5) is 22.6. The van der Waals surface area contributed by atoms with E-state index in [0.29, 0.717) is 6.42 Å². The van der Waals surface area contributed by atoms with Gasteiger partial charge in [-0.05, 0) is 18.6 Å². The third-order valence-electron chi connectivity index (χ3n) is 2.82. The van der Waals surface area contributed by atoms with Gasteiger partial charge in [0.2, 0.25) is 5.91 Å². The highest BCUT2D eigenvalue weighted by molar-refractivity contribution is 6.31. The number of carboxylic acids is 1. The third-order valence-corrected chi connectivity index (χ3v) is 3.18. The van der Waals surface area contributed by atoms with Crippen LogP contribution in [0, 0.1) is 5.82 Å². The minimum absolute atomic E-state index is 0.122. The summed E-state index contributed by atoms with van der Waals surface area (Å²) in [6.07, 6.45) is 0.956. The summed E-state index contributed by atoms with van der Waals surface area (Å²) in [5, 5.41) is 11.6. The zero-order valence-corrected chi connectivity index (χ0v) is 11.9. The van der Waals surface area contributed by atoms with Crippen LogP contribution in [0.2, 0.25) is 5.02 Å². The first kappa shape index (κ1) is 16.4. The van der Waals surface area contributed by atoms with Crippen LogP contribution in [0.15, 0.2) is 18.2 Å². The Balaban J connectivity index is 2.68. The zero-order valence-electron chi connectivity index (χ0n) is 11.2. The third kappa shape index (κ3) is 5.17. The van der Waals surface area contributed by atoms with E-state index in [-0.39, 0.29) is 23.4 Å². The van der Waals surface area contributed by atoms with Crippen molar-refractivity contribution in [2.24, 2.45) is 0 Å². The summed E-state index contributed by atoms with van der Waals surface area (Å²) in [7, 11) is 0. The Labute approximate surface area is 121 Å². The number of hydrogen-bond acceptors (Lipinski definition) is 2. The van der Waals surface area contributed by atoms with Crippen molar-refractivity contribution in [1.29, 1.82) is 0 Å². The van der Waals surface area contributed by atoms with Crippen molar-refractivity contribution in [3.8, 4) is 0 Å². The Morgan fingerprint density at radius 1 is 1.45 bits per heavy atom. The Morgan fingerprint density at radius 3 is 2.70 bits per heavy atom. The molecule has 1 unspecified atom stereocenters. The summed E-state index contributed by atoms with van der Waals surface area (Å²) >= 11 is 5.84. The van der Waals surface area contributed by atoms with Crippen molar-refractivity contribution in [2.45, 2.75) is 38.6 Å². The van der Waals surface area contributed by atoms with E-state index < -0.39 is 23.7 Å². The molecule has 6 heteroatoms. The first-order valence-electron chi connectivity index (χ1n) is 6.38. The van der Waals surface area contributed by atoms with Gasteiger partial charge in [-0.1, -0.05) is 31.0 Å². The lowest BCUT2D eigenvalue weighted by Crippen LogP contribution is -2.37. The lowest BCUT2D eigenvalue weighted by atomic mass is 10.1. The molecule has 0 saturated heterocycles. The van der Waals surface area contributed by atoms with Gasteiger partial charge < -0.3 is 10.4 Å². The molecule has 0 spiro atoms. The van der Waals surface area contributed by atoms with Gasteiger partial charge in [-0.25, -0.2) is 4.39 Å². The number of carbonyl (C=O) groups is 2. The van der Waals surface area contributed by atoms with Gasteiger partial charge in [0.05, 0.1) is 12.8 Å². The van der Waals surface area contributed by atoms with Gasteiger partial charge in [0.25, 0.3) is 0 Å². The highest BCUT2D eigenvalue weighted by Gasteiger charge is 2.17. The van der Waals surface area contributed by atoms with E-state index in [0.717, 1.165) is 6.42 Å². The van der Waals surface area contributed by atoms with Crippen LogP contribution in [0.1, 0.15) is 31.7 Å². The molecule has 0 aliphatic heterocycles. The smallest absolute Gasteiger partial charge is 0.305 e. The molecule has 20 heavy (non-hydrogen) atoms. The zero-order chi connectivity index (χ0) is 15.1. The molecule has 0 aliphatic carbocycles. The number of aliphatic carboxylic acids is 1. The van der Waals surface area contributed by atoms with Gasteiger partial charge >= 0.3 is 5.97 Å². The molecule has 0 bridgehead atoms. The molecule has 0 heterocycles. The van der Waals surface area contributed by atoms with Crippen LogP contribution in [0.4, 0.5) is 4.39 Å². The fourth-order valence-corrected chi connectivity index (χ4v) is 2.15. The topological polar surface area (TPSA) is 66.4 Å². The maximum atomic E-state index is 13.5. The summed E-state index contributed by atoms with van der Waals surface area (Å²) in [5.41, 5.74) is 0.122. The lowest BCUT2D eigenvalue weighted by Gasteiger charge is -2.16. The molecule has 0 aromatic heterocycles. The lowest BCUT2D eigenvalue weighted by molar-refractivity contribution is -0.137. The number of nitrogens with one attached hydrogen (secondary N) is 1. The summed E-state index contributed by atoms with van der Waals surface area (Å²) in [6.45, 7) is 1.90. The first-order chi connectivity index (χ1) is 9.43. The number of carbonyl (C=O) groups excluding carboxylic acids is 1. The molecule has 0 aliphatic rings. The molecular formula is C14H17ClFNO3. The molecule has 0 radical (unpaired) electrons. The fraction of sp³-hybridized carbons (Fsp3) is 0.429. The minimum atomic E-state index is -0.979. The average molecular weight is 302 g/mol. The van der Waals surface area contributed by atoms with Gasteiger partial charge in [0, 0.05) is 16.6 Å². The number of halogens is 2. The summed E-state index contributed by atoms with van der Waals surface area (Å²) in [6, 6.07) is 3.75. The van der Waals surface area contributed by atoms with Crippen LogP contribution in [-0.4, -0.2) is 23.0 Å². The Morgan fingerprint density at radius 2 is 2.15 bits per heavy atom. The molecule has 1 rings (SSSR count).